The molecule has 1 aromatic carbocycles. The first-order valence-electron chi connectivity index (χ1n) is 5.87. The second-order valence-corrected chi connectivity index (χ2v) is 6.07. The van der Waals surface area contributed by atoms with Crippen LogP contribution in [-0.2, 0) is 22.1 Å². The molecule has 1 heterocycles. The van der Waals surface area contributed by atoms with Crippen LogP contribution in [0.15, 0.2) is 35.5 Å². The molecule has 0 aliphatic rings. The summed E-state index contributed by atoms with van der Waals surface area (Å²) < 4.78 is 26.0. The zero-order chi connectivity index (χ0) is 14.8. The van der Waals surface area contributed by atoms with Crippen molar-refractivity contribution in [1.82, 2.24) is 14.8 Å². The maximum absolute atomic E-state index is 12.3. The van der Waals surface area contributed by atoms with E-state index in [1.165, 1.54) is 29.2 Å². The predicted molar refractivity (Wildman–Crippen MR) is 70.0 cm³/mol. The topological polar surface area (TPSA) is 102 Å². The van der Waals surface area contributed by atoms with E-state index in [2.05, 4.69) is 10.1 Å². The molecule has 2 rings (SSSR count). The molecule has 0 atom stereocenters. The number of aromatic nitrogens is 3. The highest BCUT2D eigenvalue weighted by molar-refractivity contribution is 7.90. The van der Waals surface area contributed by atoms with Crippen molar-refractivity contribution in [1.29, 1.82) is 0 Å². The van der Waals surface area contributed by atoms with Crippen molar-refractivity contribution in [3.05, 3.63) is 42.0 Å². The Morgan fingerprint density at radius 3 is 2.80 bits per heavy atom. The predicted octanol–water partition coefficient (Wildman–Crippen LogP) is 0.970. The van der Waals surface area contributed by atoms with Crippen molar-refractivity contribution in [3.8, 4) is 0 Å². The summed E-state index contributed by atoms with van der Waals surface area (Å²) in [6, 6.07) is 5.26. The molecule has 2 aromatic rings. The molecule has 8 heteroatoms. The van der Waals surface area contributed by atoms with Crippen molar-refractivity contribution < 1.29 is 18.3 Å². The first-order chi connectivity index (χ1) is 9.44. The van der Waals surface area contributed by atoms with Crippen LogP contribution < -0.4 is 0 Å². The van der Waals surface area contributed by atoms with Crippen molar-refractivity contribution in [3.63, 3.8) is 0 Å². The summed E-state index contributed by atoms with van der Waals surface area (Å²) in [6.07, 6.45) is 1.29. The molecule has 0 bridgehead atoms. The standard InChI is InChI=1S/C12H13N3O4S/c1-2-15-11(13-8-14-15)7-20(18,19)10-5-3-4-9(6-10)12(16)17/h3-6,8H,2,7H2,1H3,(H,16,17). The van der Waals surface area contributed by atoms with Gasteiger partial charge in [-0.25, -0.2) is 22.9 Å². The molecule has 0 saturated heterocycles. The average Bonchev–Trinajstić information content (AvgIpc) is 2.85. The van der Waals surface area contributed by atoms with Gasteiger partial charge in [0, 0.05) is 6.54 Å². The van der Waals surface area contributed by atoms with Gasteiger partial charge in [0.2, 0.25) is 0 Å². The summed E-state index contributed by atoms with van der Waals surface area (Å²) in [5.74, 6) is -1.16. The van der Waals surface area contributed by atoms with E-state index in [4.69, 9.17) is 5.11 Å². The Kier molecular flexibility index (Phi) is 3.84. The van der Waals surface area contributed by atoms with Crippen LogP contribution in [-0.4, -0.2) is 34.3 Å². The van der Waals surface area contributed by atoms with E-state index >= 15 is 0 Å². The quantitative estimate of drug-likeness (QED) is 0.881. The molecule has 0 radical (unpaired) electrons. The lowest BCUT2D eigenvalue weighted by Gasteiger charge is -2.06. The van der Waals surface area contributed by atoms with Crippen LogP contribution in [0.3, 0.4) is 0 Å². The highest BCUT2D eigenvalue weighted by Crippen LogP contribution is 2.17. The minimum atomic E-state index is -3.66. The molecule has 7 nitrogen and oxygen atoms in total. The van der Waals surface area contributed by atoms with Gasteiger partial charge in [-0.3, -0.25) is 0 Å². The minimum Gasteiger partial charge on any atom is -0.478 e. The van der Waals surface area contributed by atoms with Crippen LogP contribution in [0.1, 0.15) is 23.1 Å². The van der Waals surface area contributed by atoms with Gasteiger partial charge in [0.25, 0.3) is 0 Å². The van der Waals surface area contributed by atoms with Crippen molar-refractivity contribution in [2.75, 3.05) is 0 Å². The molecular weight excluding hydrogens is 282 g/mol. The molecule has 106 valence electrons. The van der Waals surface area contributed by atoms with Gasteiger partial charge in [-0.15, -0.1) is 0 Å². The lowest BCUT2D eigenvalue weighted by molar-refractivity contribution is 0.0696. The van der Waals surface area contributed by atoms with Gasteiger partial charge in [-0.2, -0.15) is 5.10 Å². The molecule has 0 aliphatic carbocycles. The maximum atomic E-state index is 12.3. The Labute approximate surface area is 115 Å². The van der Waals surface area contributed by atoms with Crippen LogP contribution in [0.5, 0.6) is 0 Å². The summed E-state index contributed by atoms with van der Waals surface area (Å²) in [5.41, 5.74) is -0.0666. The number of rotatable bonds is 5. The highest BCUT2D eigenvalue weighted by atomic mass is 32.2. The molecule has 0 fully saturated rings. The zero-order valence-electron chi connectivity index (χ0n) is 10.7. The monoisotopic (exact) mass is 295 g/mol. The fourth-order valence-electron chi connectivity index (χ4n) is 1.74. The summed E-state index contributed by atoms with van der Waals surface area (Å²) in [4.78, 5) is 14.7. The molecule has 1 N–H and O–H groups in total. The van der Waals surface area contributed by atoms with Gasteiger partial charge in [-0.1, -0.05) is 6.07 Å². The largest absolute Gasteiger partial charge is 0.478 e. The third-order valence-corrected chi connectivity index (χ3v) is 4.36. The Morgan fingerprint density at radius 1 is 1.40 bits per heavy atom. The Bertz CT molecular complexity index is 737. The van der Waals surface area contributed by atoms with E-state index in [1.54, 1.807) is 0 Å². The zero-order valence-corrected chi connectivity index (χ0v) is 11.5. The average molecular weight is 295 g/mol. The number of carboxylic acid groups (broad SMARTS) is 1. The second-order valence-electron chi connectivity index (χ2n) is 4.08. The van der Waals surface area contributed by atoms with Crippen LogP contribution in [0.4, 0.5) is 0 Å². The molecule has 20 heavy (non-hydrogen) atoms. The van der Waals surface area contributed by atoms with Crippen molar-refractivity contribution >= 4 is 15.8 Å². The number of aromatic carboxylic acids is 1. The normalized spacial score (nSPS) is 11.4. The lowest BCUT2D eigenvalue weighted by atomic mass is 10.2. The van der Waals surface area contributed by atoms with Crippen molar-refractivity contribution in [2.24, 2.45) is 0 Å². The Morgan fingerprint density at radius 2 is 2.15 bits per heavy atom. The molecule has 0 aliphatic heterocycles. The Hall–Kier alpha value is -2.22. The van der Waals surface area contributed by atoms with Gasteiger partial charge in [0.05, 0.1) is 10.5 Å². The third kappa shape index (κ3) is 2.85. The number of sulfone groups is 1. The summed E-state index contributed by atoms with van der Waals surface area (Å²) in [7, 11) is -3.66. The summed E-state index contributed by atoms with van der Waals surface area (Å²) in [6.45, 7) is 2.34. The third-order valence-electron chi connectivity index (χ3n) is 2.75. The smallest absolute Gasteiger partial charge is 0.335 e. The summed E-state index contributed by atoms with van der Waals surface area (Å²) in [5, 5.41) is 12.8. The molecule has 0 unspecified atom stereocenters. The number of benzene rings is 1. The number of nitrogens with zero attached hydrogens (tertiary/aromatic N) is 3. The highest BCUT2D eigenvalue weighted by Gasteiger charge is 2.20. The number of hydrogen-bond donors (Lipinski definition) is 1. The number of aryl methyl sites for hydroxylation is 1. The van der Waals surface area contributed by atoms with E-state index in [9.17, 15) is 13.2 Å². The first-order valence-corrected chi connectivity index (χ1v) is 7.52. The van der Waals surface area contributed by atoms with Gasteiger partial charge >= 0.3 is 5.97 Å². The lowest BCUT2D eigenvalue weighted by Crippen LogP contribution is -2.12. The van der Waals surface area contributed by atoms with E-state index in [-0.39, 0.29) is 16.2 Å². The van der Waals surface area contributed by atoms with Gasteiger partial charge in [0.15, 0.2) is 9.84 Å². The fraction of sp³-hybridized carbons (Fsp3) is 0.250. The second kappa shape index (κ2) is 5.41. The molecular formula is C12H13N3O4S. The van der Waals surface area contributed by atoms with Crippen LogP contribution in [0.2, 0.25) is 0 Å². The maximum Gasteiger partial charge on any atom is 0.335 e. The number of carbonyl (C=O) groups is 1. The molecule has 0 saturated carbocycles. The minimum absolute atomic E-state index is 0.0388. The van der Waals surface area contributed by atoms with E-state index in [1.807, 2.05) is 6.92 Å². The molecule has 1 aromatic heterocycles. The Balaban J connectivity index is 2.36. The van der Waals surface area contributed by atoms with Gasteiger partial charge in [-0.05, 0) is 25.1 Å². The SMILES string of the molecule is CCn1ncnc1CS(=O)(=O)c1cccc(C(=O)O)c1. The van der Waals surface area contributed by atoms with E-state index in [0.717, 1.165) is 6.07 Å². The van der Waals surface area contributed by atoms with Crippen molar-refractivity contribution in [2.45, 2.75) is 24.1 Å². The van der Waals surface area contributed by atoms with E-state index < -0.39 is 15.8 Å². The van der Waals surface area contributed by atoms with Gasteiger partial charge < -0.3 is 5.11 Å². The van der Waals surface area contributed by atoms with Gasteiger partial charge in [0.1, 0.15) is 17.9 Å². The molecule has 0 amide bonds. The van der Waals surface area contributed by atoms with Crippen LogP contribution in [0, 0.1) is 0 Å². The van der Waals surface area contributed by atoms with Crippen LogP contribution >= 0.6 is 0 Å². The number of carboxylic acids is 1. The number of hydrogen-bond acceptors (Lipinski definition) is 5. The summed E-state index contributed by atoms with van der Waals surface area (Å²) >= 11 is 0. The van der Waals surface area contributed by atoms with Crippen LogP contribution in [0.25, 0.3) is 0 Å². The fourth-order valence-corrected chi connectivity index (χ4v) is 3.06. The molecule has 0 spiro atoms. The first kappa shape index (κ1) is 14.2. The van der Waals surface area contributed by atoms with E-state index in [0.29, 0.717) is 12.4 Å².